The van der Waals surface area contributed by atoms with Crippen LogP contribution >= 0.6 is 0 Å². The third kappa shape index (κ3) is 3.46. The molecule has 0 N–H and O–H groups in total. The Bertz CT molecular complexity index is 918. The summed E-state index contributed by atoms with van der Waals surface area (Å²) in [5.74, 6) is 1.50. The Labute approximate surface area is 150 Å². The number of nitrogens with zero attached hydrogens (tertiary/aromatic N) is 7. The van der Waals surface area contributed by atoms with Crippen molar-refractivity contribution in [1.29, 1.82) is 0 Å². The molecule has 0 radical (unpaired) electrons. The third-order valence-corrected chi connectivity index (χ3v) is 4.54. The van der Waals surface area contributed by atoms with Gasteiger partial charge in [0.05, 0.1) is 0 Å². The van der Waals surface area contributed by atoms with Crippen LogP contribution in [0.1, 0.15) is 30.3 Å². The molecule has 9 heteroatoms. The highest BCUT2D eigenvalue weighted by molar-refractivity contribution is 5.77. The van der Waals surface area contributed by atoms with Gasteiger partial charge in [-0.3, -0.25) is 4.79 Å². The molecule has 1 amide bonds. The first-order chi connectivity index (χ1) is 12.7. The summed E-state index contributed by atoms with van der Waals surface area (Å²) >= 11 is 0. The highest BCUT2D eigenvalue weighted by atomic mass is 16.5. The molecule has 134 valence electrons. The molecule has 0 bridgehead atoms. The van der Waals surface area contributed by atoms with Crippen molar-refractivity contribution in [3.63, 3.8) is 0 Å². The number of likely N-dealkylation sites (tertiary alicyclic amines) is 1. The van der Waals surface area contributed by atoms with Crippen molar-refractivity contribution in [2.75, 3.05) is 19.7 Å². The zero-order valence-electron chi connectivity index (χ0n) is 14.4. The number of hydrogen-bond acceptors (Lipinski definition) is 7. The Hall–Kier alpha value is -3.10. The lowest BCUT2D eigenvalue weighted by atomic mass is 9.93. The van der Waals surface area contributed by atoms with Crippen molar-refractivity contribution in [3.8, 4) is 5.88 Å². The second-order valence-electron chi connectivity index (χ2n) is 6.28. The average Bonchev–Trinajstić information content (AvgIpc) is 3.14. The zero-order valence-corrected chi connectivity index (χ0v) is 14.4. The Kier molecular flexibility index (Phi) is 4.42. The highest BCUT2D eigenvalue weighted by Gasteiger charge is 2.25. The van der Waals surface area contributed by atoms with E-state index in [4.69, 9.17) is 4.74 Å². The van der Waals surface area contributed by atoms with Crippen LogP contribution in [0.3, 0.4) is 0 Å². The molecular weight excluding hydrogens is 334 g/mol. The Morgan fingerprint density at radius 2 is 2.12 bits per heavy atom. The van der Waals surface area contributed by atoms with Gasteiger partial charge in [0, 0.05) is 37.0 Å². The second kappa shape index (κ2) is 7.03. The first-order valence-corrected chi connectivity index (χ1v) is 8.56. The van der Waals surface area contributed by atoms with Gasteiger partial charge in [0.25, 0.3) is 5.91 Å². The highest BCUT2D eigenvalue weighted by Crippen LogP contribution is 2.26. The van der Waals surface area contributed by atoms with E-state index in [0.717, 1.165) is 24.4 Å². The number of rotatable bonds is 4. The monoisotopic (exact) mass is 353 g/mol. The molecule has 26 heavy (non-hydrogen) atoms. The number of aryl methyl sites for hydroxylation is 1. The van der Waals surface area contributed by atoms with Gasteiger partial charge in [-0.1, -0.05) is 0 Å². The fourth-order valence-electron chi connectivity index (χ4n) is 3.14. The SMILES string of the molecule is Cc1nccc(C2CCN(C(=O)COc3ccc4nncn4n3)CC2)n1. The topological polar surface area (TPSA) is 98.4 Å². The summed E-state index contributed by atoms with van der Waals surface area (Å²) in [6.45, 7) is 3.27. The molecule has 1 aliphatic heterocycles. The molecule has 0 saturated carbocycles. The first-order valence-electron chi connectivity index (χ1n) is 8.56. The largest absolute Gasteiger partial charge is 0.467 e. The lowest BCUT2D eigenvalue weighted by Gasteiger charge is -2.31. The minimum Gasteiger partial charge on any atom is -0.467 e. The van der Waals surface area contributed by atoms with Gasteiger partial charge in [0.2, 0.25) is 5.88 Å². The van der Waals surface area contributed by atoms with Crippen LogP contribution in [0.25, 0.3) is 5.65 Å². The summed E-state index contributed by atoms with van der Waals surface area (Å²) in [5, 5.41) is 11.8. The number of ether oxygens (including phenoxy) is 1. The fourth-order valence-corrected chi connectivity index (χ4v) is 3.14. The summed E-state index contributed by atoms with van der Waals surface area (Å²) in [5.41, 5.74) is 1.69. The van der Waals surface area contributed by atoms with Crippen LogP contribution in [-0.4, -0.2) is 60.3 Å². The number of aromatic nitrogens is 6. The van der Waals surface area contributed by atoms with Crippen LogP contribution in [0, 0.1) is 6.92 Å². The molecule has 0 aromatic carbocycles. The number of piperidine rings is 1. The van der Waals surface area contributed by atoms with E-state index in [-0.39, 0.29) is 12.5 Å². The molecule has 0 unspecified atom stereocenters. The molecular formula is C17H19N7O2. The standard InChI is InChI=1S/C17H19N7O2/c1-12-18-7-4-14(20-12)13-5-8-23(9-6-13)17(25)10-26-16-3-2-15-21-19-11-24(15)22-16/h2-4,7,11,13H,5-6,8-10H2,1H3. The minimum absolute atomic E-state index is 0.0298. The predicted molar refractivity (Wildman–Crippen MR) is 91.6 cm³/mol. The molecule has 1 aliphatic rings. The molecule has 4 heterocycles. The van der Waals surface area contributed by atoms with Gasteiger partial charge in [0.15, 0.2) is 12.3 Å². The number of carbonyl (C=O) groups is 1. The number of hydrogen-bond donors (Lipinski definition) is 0. The van der Waals surface area contributed by atoms with E-state index in [0.29, 0.717) is 30.5 Å². The van der Waals surface area contributed by atoms with Gasteiger partial charge >= 0.3 is 0 Å². The number of amides is 1. The molecule has 3 aromatic rings. The Morgan fingerprint density at radius 1 is 1.27 bits per heavy atom. The molecule has 0 aliphatic carbocycles. The summed E-state index contributed by atoms with van der Waals surface area (Å²) in [6.07, 6.45) is 5.08. The van der Waals surface area contributed by atoms with Gasteiger partial charge in [0.1, 0.15) is 12.2 Å². The Balaban J connectivity index is 1.30. The smallest absolute Gasteiger partial charge is 0.260 e. The summed E-state index contributed by atoms with van der Waals surface area (Å²) in [7, 11) is 0. The third-order valence-electron chi connectivity index (χ3n) is 4.54. The van der Waals surface area contributed by atoms with Crippen molar-refractivity contribution in [1.82, 2.24) is 34.7 Å². The summed E-state index contributed by atoms with van der Waals surface area (Å²) in [4.78, 5) is 22.9. The molecule has 1 saturated heterocycles. The summed E-state index contributed by atoms with van der Waals surface area (Å²) in [6, 6.07) is 5.39. The van der Waals surface area contributed by atoms with E-state index in [2.05, 4.69) is 25.3 Å². The predicted octanol–water partition coefficient (Wildman–Crippen LogP) is 1.01. The van der Waals surface area contributed by atoms with Gasteiger partial charge in [-0.2, -0.15) is 4.52 Å². The molecule has 0 atom stereocenters. The van der Waals surface area contributed by atoms with E-state index in [9.17, 15) is 4.79 Å². The van der Waals surface area contributed by atoms with Crippen LogP contribution in [0.4, 0.5) is 0 Å². The van der Waals surface area contributed by atoms with Crippen molar-refractivity contribution in [2.24, 2.45) is 0 Å². The lowest BCUT2D eigenvalue weighted by Crippen LogP contribution is -2.40. The zero-order chi connectivity index (χ0) is 17.9. The van der Waals surface area contributed by atoms with Crippen molar-refractivity contribution in [2.45, 2.75) is 25.7 Å². The molecule has 4 rings (SSSR count). The molecule has 0 spiro atoms. The van der Waals surface area contributed by atoms with E-state index >= 15 is 0 Å². The van der Waals surface area contributed by atoms with E-state index in [1.54, 1.807) is 18.3 Å². The molecule has 1 fully saturated rings. The van der Waals surface area contributed by atoms with Crippen LogP contribution in [-0.2, 0) is 4.79 Å². The normalized spacial score (nSPS) is 15.3. The van der Waals surface area contributed by atoms with E-state index in [1.165, 1.54) is 10.8 Å². The first kappa shape index (κ1) is 16.4. The van der Waals surface area contributed by atoms with Crippen LogP contribution in [0.2, 0.25) is 0 Å². The Morgan fingerprint density at radius 3 is 2.92 bits per heavy atom. The van der Waals surface area contributed by atoms with Crippen molar-refractivity contribution >= 4 is 11.6 Å². The number of fused-ring (bicyclic) bond motifs is 1. The maximum absolute atomic E-state index is 12.4. The maximum Gasteiger partial charge on any atom is 0.260 e. The number of carbonyl (C=O) groups excluding carboxylic acids is 1. The van der Waals surface area contributed by atoms with Crippen LogP contribution < -0.4 is 4.74 Å². The minimum atomic E-state index is -0.0343. The van der Waals surface area contributed by atoms with Gasteiger partial charge in [-0.15, -0.1) is 15.3 Å². The van der Waals surface area contributed by atoms with Crippen molar-refractivity contribution < 1.29 is 9.53 Å². The lowest BCUT2D eigenvalue weighted by molar-refractivity contribution is -0.134. The summed E-state index contributed by atoms with van der Waals surface area (Å²) < 4.78 is 7.04. The van der Waals surface area contributed by atoms with E-state index < -0.39 is 0 Å². The van der Waals surface area contributed by atoms with Crippen LogP contribution in [0.15, 0.2) is 30.7 Å². The van der Waals surface area contributed by atoms with Crippen LogP contribution in [0.5, 0.6) is 5.88 Å². The van der Waals surface area contributed by atoms with Gasteiger partial charge < -0.3 is 9.64 Å². The van der Waals surface area contributed by atoms with Gasteiger partial charge in [-0.25, -0.2) is 9.97 Å². The van der Waals surface area contributed by atoms with Gasteiger partial charge in [-0.05, 0) is 31.9 Å². The quantitative estimate of drug-likeness (QED) is 0.690. The van der Waals surface area contributed by atoms with Crippen molar-refractivity contribution in [3.05, 3.63) is 42.2 Å². The fraction of sp³-hybridized carbons (Fsp3) is 0.412. The molecule has 3 aromatic heterocycles. The molecule has 9 nitrogen and oxygen atoms in total. The van der Waals surface area contributed by atoms with E-state index in [1.807, 2.05) is 17.9 Å². The average molecular weight is 353 g/mol. The second-order valence-corrected chi connectivity index (χ2v) is 6.28. The maximum atomic E-state index is 12.4.